The van der Waals surface area contributed by atoms with Crippen molar-refractivity contribution in [2.24, 2.45) is 22.4 Å². The normalized spacial score (nSPS) is 30.4. The maximum atomic E-state index is 12.8. The number of guanidine groups is 1. The van der Waals surface area contributed by atoms with Crippen LogP contribution in [0.2, 0.25) is 0 Å². The SMILES string of the molecule is Cl.Cl.NC(N)=Nc1ccc2c3c([nH]c2c1)[C@@H]1Oc2c(O)ccc4c2[C@@]12CCN(CC1CC1)C(C4)[C@]2(O)C3. The minimum atomic E-state index is -0.989. The number of hydrogen-bond donors (Lipinski definition) is 5. The third kappa shape index (κ3) is 3.01. The Hall–Kier alpha value is -2.65. The number of piperidine rings is 1. The summed E-state index contributed by atoms with van der Waals surface area (Å²) in [7, 11) is 0. The molecule has 1 unspecified atom stereocenters. The fourth-order valence-corrected chi connectivity index (χ4v) is 7.84. The van der Waals surface area contributed by atoms with Crippen molar-refractivity contribution < 1.29 is 14.9 Å². The molecule has 1 aromatic heterocycles. The van der Waals surface area contributed by atoms with E-state index in [0.29, 0.717) is 17.9 Å². The van der Waals surface area contributed by atoms with E-state index >= 15 is 0 Å². The molecule has 1 saturated heterocycles. The number of aromatic hydroxyl groups is 1. The molecule has 3 heterocycles. The Morgan fingerprint density at radius 1 is 1.19 bits per heavy atom. The number of H-pyrrole nitrogens is 1. The van der Waals surface area contributed by atoms with Gasteiger partial charge in [0.05, 0.1) is 22.4 Å². The van der Waals surface area contributed by atoms with E-state index in [1.807, 2.05) is 24.3 Å². The Labute approximate surface area is 226 Å². The lowest BCUT2D eigenvalue weighted by molar-refractivity contribution is -0.173. The van der Waals surface area contributed by atoms with Crippen molar-refractivity contribution in [1.82, 2.24) is 9.88 Å². The average Bonchev–Trinajstić information content (AvgIpc) is 3.45. The van der Waals surface area contributed by atoms with E-state index in [2.05, 4.69) is 14.9 Å². The third-order valence-electron chi connectivity index (χ3n) is 9.40. The van der Waals surface area contributed by atoms with Gasteiger partial charge in [-0.3, -0.25) is 4.90 Å². The number of hydrogen-bond acceptors (Lipinski definition) is 5. The molecule has 1 spiro atoms. The standard InChI is InChI=1S/C27H29N5O3.2ClH/c28-25(29)30-15-4-5-16-17-11-27(34)20-9-14-3-6-19(33)23-21(14)26(27,7-8-32(20)12-13-1-2-13)24(35-23)22(17)31-18(16)10-15;;/h3-6,10,13,20,24,31,33-34H,1-2,7-9,11-12H2,(H4,28,29,30);2*1H/t20?,24-,26-,27+;;/m0../s1. The number of ether oxygens (including phenoxy) is 1. The van der Waals surface area contributed by atoms with Crippen LogP contribution in [-0.4, -0.2) is 50.8 Å². The number of nitrogens with zero attached hydrogens (tertiary/aromatic N) is 2. The fourth-order valence-electron chi connectivity index (χ4n) is 7.84. The summed E-state index contributed by atoms with van der Waals surface area (Å²) >= 11 is 0. The van der Waals surface area contributed by atoms with Crippen molar-refractivity contribution in [2.75, 3.05) is 13.1 Å². The second-order valence-electron chi connectivity index (χ2n) is 11.2. The molecule has 8 nitrogen and oxygen atoms in total. The number of nitrogens with one attached hydrogen (secondary N) is 1. The highest BCUT2D eigenvalue weighted by molar-refractivity contribution is 5.90. The van der Waals surface area contributed by atoms with Crippen molar-refractivity contribution in [1.29, 1.82) is 0 Å². The maximum absolute atomic E-state index is 12.8. The van der Waals surface area contributed by atoms with E-state index in [1.54, 1.807) is 6.07 Å². The summed E-state index contributed by atoms with van der Waals surface area (Å²) in [6, 6.07) is 9.68. The molecular formula is C27H31Cl2N5O3. The number of phenols is 1. The second kappa shape index (κ2) is 7.93. The van der Waals surface area contributed by atoms with Crippen LogP contribution in [0.25, 0.3) is 10.9 Å². The van der Waals surface area contributed by atoms with E-state index < -0.39 is 11.0 Å². The van der Waals surface area contributed by atoms with Gasteiger partial charge >= 0.3 is 0 Å². The zero-order valence-corrected chi connectivity index (χ0v) is 21.9. The first kappa shape index (κ1) is 24.7. The Morgan fingerprint density at radius 2 is 2.00 bits per heavy atom. The van der Waals surface area contributed by atoms with Gasteiger partial charge in [0.15, 0.2) is 23.6 Å². The largest absolute Gasteiger partial charge is 0.504 e. The van der Waals surface area contributed by atoms with Crippen LogP contribution >= 0.6 is 24.8 Å². The smallest absolute Gasteiger partial charge is 0.191 e. The molecule has 2 aromatic carbocycles. The summed E-state index contributed by atoms with van der Waals surface area (Å²) in [5, 5.41) is 24.7. The van der Waals surface area contributed by atoms with Crippen LogP contribution in [-0.2, 0) is 18.3 Å². The van der Waals surface area contributed by atoms with Gasteiger partial charge < -0.3 is 31.4 Å². The average molecular weight is 544 g/mol. The van der Waals surface area contributed by atoms with Gasteiger partial charge in [0, 0.05) is 35.5 Å². The summed E-state index contributed by atoms with van der Waals surface area (Å²) < 4.78 is 6.63. The number of halogens is 2. The second-order valence-corrected chi connectivity index (χ2v) is 11.2. The molecule has 2 bridgehead atoms. The fraction of sp³-hybridized carbons (Fsp3) is 0.444. The minimum absolute atomic E-state index is 0. The van der Waals surface area contributed by atoms with Crippen molar-refractivity contribution in [3.63, 3.8) is 0 Å². The molecule has 2 aliphatic heterocycles. The summed E-state index contributed by atoms with van der Waals surface area (Å²) in [5.41, 5.74) is 15.5. The molecule has 196 valence electrons. The van der Waals surface area contributed by atoms with Gasteiger partial charge in [-0.15, -0.1) is 24.8 Å². The molecule has 3 aliphatic carbocycles. The number of aliphatic hydroxyl groups is 1. The molecule has 0 amide bonds. The highest BCUT2D eigenvalue weighted by Crippen LogP contribution is 2.69. The number of benzene rings is 2. The Kier molecular flexibility index (Phi) is 5.29. The highest BCUT2D eigenvalue weighted by Gasteiger charge is 2.72. The first-order valence-electron chi connectivity index (χ1n) is 12.6. The molecule has 8 rings (SSSR count). The van der Waals surface area contributed by atoms with Crippen LogP contribution in [0.15, 0.2) is 35.3 Å². The van der Waals surface area contributed by atoms with Crippen LogP contribution in [0.1, 0.15) is 47.8 Å². The monoisotopic (exact) mass is 543 g/mol. The number of aromatic nitrogens is 1. The number of likely N-dealkylation sites (tertiary alicyclic amines) is 1. The molecule has 7 N–H and O–H groups in total. The van der Waals surface area contributed by atoms with E-state index in [9.17, 15) is 10.2 Å². The molecule has 5 aliphatic rings. The van der Waals surface area contributed by atoms with Gasteiger partial charge in [0.1, 0.15) is 0 Å². The first-order valence-corrected chi connectivity index (χ1v) is 12.6. The van der Waals surface area contributed by atoms with Crippen molar-refractivity contribution in [3.8, 4) is 11.5 Å². The number of phenolic OH excluding ortho intramolecular Hbond substituents is 1. The molecule has 2 fully saturated rings. The number of nitrogens with two attached hydrogens (primary N) is 2. The van der Waals surface area contributed by atoms with Crippen molar-refractivity contribution >= 4 is 47.4 Å². The lowest BCUT2D eigenvalue weighted by Crippen LogP contribution is -2.74. The van der Waals surface area contributed by atoms with Crippen molar-refractivity contribution in [2.45, 2.75) is 55.3 Å². The van der Waals surface area contributed by atoms with Gasteiger partial charge in [-0.1, -0.05) is 12.1 Å². The van der Waals surface area contributed by atoms with E-state index in [1.165, 1.54) is 18.4 Å². The maximum Gasteiger partial charge on any atom is 0.191 e. The van der Waals surface area contributed by atoms with Crippen LogP contribution < -0.4 is 16.2 Å². The number of aliphatic imine (C=N–C) groups is 1. The van der Waals surface area contributed by atoms with Gasteiger partial charge in [-0.2, -0.15) is 0 Å². The Bertz CT molecular complexity index is 1470. The van der Waals surface area contributed by atoms with Crippen LogP contribution in [0.4, 0.5) is 5.69 Å². The lowest BCUT2D eigenvalue weighted by Gasteiger charge is -2.62. The minimum Gasteiger partial charge on any atom is -0.504 e. The molecule has 1 saturated carbocycles. The van der Waals surface area contributed by atoms with Crippen LogP contribution in [0, 0.1) is 5.92 Å². The zero-order valence-electron chi connectivity index (χ0n) is 20.2. The van der Waals surface area contributed by atoms with Crippen LogP contribution in [0.5, 0.6) is 11.5 Å². The summed E-state index contributed by atoms with van der Waals surface area (Å²) in [4.78, 5) is 10.4. The quantitative estimate of drug-likeness (QED) is 0.254. The van der Waals surface area contributed by atoms with E-state index in [0.717, 1.165) is 59.6 Å². The van der Waals surface area contributed by atoms with Crippen molar-refractivity contribution in [3.05, 3.63) is 52.7 Å². The number of aromatic amines is 1. The number of fused-ring (bicyclic) bond motifs is 4. The zero-order chi connectivity index (χ0) is 23.7. The molecule has 4 atom stereocenters. The van der Waals surface area contributed by atoms with Gasteiger partial charge in [0.25, 0.3) is 0 Å². The number of rotatable bonds is 3. The predicted molar refractivity (Wildman–Crippen MR) is 146 cm³/mol. The first-order chi connectivity index (χ1) is 16.9. The highest BCUT2D eigenvalue weighted by atomic mass is 35.5. The van der Waals surface area contributed by atoms with Crippen LogP contribution in [0.3, 0.4) is 0 Å². The lowest BCUT2D eigenvalue weighted by atomic mass is 9.49. The summed E-state index contributed by atoms with van der Waals surface area (Å²) in [5.74, 6) is 1.47. The third-order valence-corrected chi connectivity index (χ3v) is 9.40. The van der Waals surface area contributed by atoms with Gasteiger partial charge in [-0.05, 0) is 67.5 Å². The summed E-state index contributed by atoms with van der Waals surface area (Å²) in [6.45, 7) is 1.99. The van der Waals surface area contributed by atoms with Gasteiger partial charge in [0.2, 0.25) is 0 Å². The van der Waals surface area contributed by atoms with E-state index in [4.69, 9.17) is 16.2 Å². The molecule has 10 heteroatoms. The Balaban J connectivity index is 0.00000126. The van der Waals surface area contributed by atoms with Gasteiger partial charge in [-0.25, -0.2) is 4.99 Å². The molecule has 0 radical (unpaired) electrons. The summed E-state index contributed by atoms with van der Waals surface area (Å²) in [6.07, 6.45) is 4.31. The molecule has 37 heavy (non-hydrogen) atoms. The predicted octanol–water partition coefficient (Wildman–Crippen LogP) is 3.32. The topological polar surface area (TPSA) is 133 Å². The Morgan fingerprint density at radius 3 is 2.76 bits per heavy atom. The van der Waals surface area contributed by atoms with E-state index in [-0.39, 0.29) is 48.7 Å². The molecular weight excluding hydrogens is 513 g/mol. The molecule has 3 aromatic rings.